The fraction of sp³-hybridized carbons (Fsp3) is 0.312. The van der Waals surface area contributed by atoms with Crippen molar-refractivity contribution in [3.8, 4) is 0 Å². The molecule has 4 nitrogen and oxygen atoms in total. The largest absolute Gasteiger partial charge is 0.399 e. The highest BCUT2D eigenvalue weighted by Gasteiger charge is 2.05. The highest BCUT2D eigenvalue weighted by molar-refractivity contribution is 5.95. The van der Waals surface area contributed by atoms with Crippen molar-refractivity contribution in [2.24, 2.45) is 10.2 Å². The number of fused-ring (bicyclic) bond motifs is 1. The molecule has 0 unspecified atom stereocenters. The summed E-state index contributed by atoms with van der Waals surface area (Å²) in [5.41, 5.74) is 13.1. The van der Waals surface area contributed by atoms with E-state index < -0.39 is 0 Å². The minimum absolute atomic E-state index is 0.703. The van der Waals surface area contributed by atoms with Crippen LogP contribution in [0.4, 0.5) is 22.7 Å². The third kappa shape index (κ3) is 7.67. The zero-order valence-corrected chi connectivity index (χ0v) is 22.2. The number of nitrogens with one attached hydrogen (secondary N) is 1. The first-order valence-electron chi connectivity index (χ1n) is 13.1. The zero-order chi connectivity index (χ0) is 25.8. The highest BCUT2D eigenvalue weighted by atomic mass is 15.1. The van der Waals surface area contributed by atoms with E-state index in [1.807, 2.05) is 56.3 Å². The van der Waals surface area contributed by atoms with Crippen molar-refractivity contribution < 1.29 is 0 Å². The maximum absolute atomic E-state index is 5.72. The predicted molar refractivity (Wildman–Crippen MR) is 157 cm³/mol. The summed E-state index contributed by atoms with van der Waals surface area (Å²) in [5, 5.41) is 14.8. The molecule has 4 rings (SSSR count). The molecular weight excluding hydrogens is 440 g/mol. The summed E-state index contributed by atoms with van der Waals surface area (Å²) in [6, 6.07) is 26.7. The first-order chi connectivity index (χ1) is 17.5. The van der Waals surface area contributed by atoms with Crippen LogP contribution in [0.2, 0.25) is 0 Å². The Hall–Kier alpha value is -3.66. The predicted octanol–water partition coefficient (Wildman–Crippen LogP) is 9.70. The number of unbranched alkanes of at least 4 members (excludes halogenated alkanes) is 3. The second-order valence-corrected chi connectivity index (χ2v) is 9.19. The highest BCUT2D eigenvalue weighted by Crippen LogP contribution is 2.28. The molecule has 0 aliphatic carbocycles. The van der Waals surface area contributed by atoms with E-state index in [1.54, 1.807) is 0 Å². The maximum Gasteiger partial charge on any atom is 0.0906 e. The Morgan fingerprint density at radius 1 is 0.722 bits per heavy atom. The summed E-state index contributed by atoms with van der Waals surface area (Å²) >= 11 is 0. The minimum atomic E-state index is 0.703. The summed E-state index contributed by atoms with van der Waals surface area (Å²) < 4.78 is 0. The molecule has 0 fully saturated rings. The lowest BCUT2D eigenvalue weighted by molar-refractivity contribution is 0.685. The van der Waals surface area contributed by atoms with Crippen molar-refractivity contribution in [2.45, 2.75) is 59.8 Å². The van der Waals surface area contributed by atoms with Gasteiger partial charge in [-0.25, -0.2) is 0 Å². The second-order valence-electron chi connectivity index (χ2n) is 9.19. The first-order valence-corrected chi connectivity index (χ1v) is 13.1. The van der Waals surface area contributed by atoms with Crippen LogP contribution in [0.25, 0.3) is 10.8 Å². The number of nitrogen functional groups attached to an aromatic ring is 1. The summed E-state index contributed by atoms with van der Waals surface area (Å²) in [6.07, 6.45) is 6.32. The number of hydrogen-bond acceptors (Lipinski definition) is 4. The summed E-state index contributed by atoms with van der Waals surface area (Å²) in [6.45, 7) is 9.58. The Morgan fingerprint density at radius 3 is 2.22 bits per heavy atom. The van der Waals surface area contributed by atoms with Gasteiger partial charge >= 0.3 is 0 Å². The molecule has 0 saturated carbocycles. The van der Waals surface area contributed by atoms with Crippen LogP contribution in [-0.2, 0) is 6.42 Å². The van der Waals surface area contributed by atoms with Gasteiger partial charge in [0.15, 0.2) is 0 Å². The lowest BCUT2D eigenvalue weighted by atomic mass is 10.0. The molecule has 4 aromatic carbocycles. The fourth-order valence-electron chi connectivity index (χ4n) is 4.10. The van der Waals surface area contributed by atoms with Crippen molar-refractivity contribution in [1.29, 1.82) is 0 Å². The SMILES string of the molecule is CCCCCCNc1c(CC)ccc2ccccc12.Cc1ccccc1N=Nc1cc(N)ccc1C. The van der Waals surface area contributed by atoms with Gasteiger partial charge in [0.25, 0.3) is 0 Å². The average molecular weight is 481 g/mol. The first kappa shape index (κ1) is 26.9. The quantitative estimate of drug-likeness (QED) is 0.142. The Kier molecular flexibility index (Phi) is 10.5. The molecule has 0 saturated heterocycles. The van der Waals surface area contributed by atoms with Gasteiger partial charge in [-0.1, -0.05) is 93.8 Å². The fourth-order valence-corrected chi connectivity index (χ4v) is 4.10. The Bertz CT molecular complexity index is 1280. The monoisotopic (exact) mass is 480 g/mol. The van der Waals surface area contributed by atoms with Crippen LogP contribution >= 0.6 is 0 Å². The average Bonchev–Trinajstić information content (AvgIpc) is 2.90. The number of rotatable bonds is 9. The van der Waals surface area contributed by atoms with E-state index in [4.69, 9.17) is 5.73 Å². The van der Waals surface area contributed by atoms with Crippen LogP contribution in [0.15, 0.2) is 89.1 Å². The van der Waals surface area contributed by atoms with Crippen LogP contribution in [0.5, 0.6) is 0 Å². The Morgan fingerprint density at radius 2 is 1.44 bits per heavy atom. The normalized spacial score (nSPS) is 10.9. The number of nitrogens with two attached hydrogens (primary N) is 1. The van der Waals surface area contributed by atoms with Gasteiger partial charge in [-0.15, -0.1) is 0 Å². The van der Waals surface area contributed by atoms with E-state index in [1.165, 1.54) is 47.7 Å². The molecule has 0 radical (unpaired) electrons. The van der Waals surface area contributed by atoms with Crippen LogP contribution in [0.3, 0.4) is 0 Å². The number of anilines is 2. The van der Waals surface area contributed by atoms with Gasteiger partial charge in [-0.05, 0) is 67.0 Å². The van der Waals surface area contributed by atoms with Crippen LogP contribution in [0, 0.1) is 13.8 Å². The molecule has 0 bridgehead atoms. The van der Waals surface area contributed by atoms with E-state index in [-0.39, 0.29) is 0 Å². The van der Waals surface area contributed by atoms with Crippen molar-refractivity contribution in [1.82, 2.24) is 0 Å². The van der Waals surface area contributed by atoms with Gasteiger partial charge in [0.2, 0.25) is 0 Å². The van der Waals surface area contributed by atoms with Gasteiger partial charge in [0, 0.05) is 23.3 Å². The van der Waals surface area contributed by atoms with E-state index in [2.05, 4.69) is 65.8 Å². The summed E-state index contributed by atoms with van der Waals surface area (Å²) in [7, 11) is 0. The number of azo groups is 1. The van der Waals surface area contributed by atoms with Crippen molar-refractivity contribution in [2.75, 3.05) is 17.6 Å². The molecule has 36 heavy (non-hydrogen) atoms. The molecule has 0 spiro atoms. The third-order valence-electron chi connectivity index (χ3n) is 6.34. The number of benzene rings is 4. The molecule has 188 valence electrons. The van der Waals surface area contributed by atoms with Crippen molar-refractivity contribution >= 4 is 33.5 Å². The number of nitrogens with zero attached hydrogens (tertiary/aromatic N) is 2. The zero-order valence-electron chi connectivity index (χ0n) is 22.2. The van der Waals surface area contributed by atoms with Crippen LogP contribution in [-0.4, -0.2) is 6.54 Å². The number of aryl methyl sites for hydroxylation is 3. The molecule has 0 amide bonds. The van der Waals surface area contributed by atoms with Gasteiger partial charge in [0.05, 0.1) is 11.4 Å². The Balaban J connectivity index is 0.000000202. The minimum Gasteiger partial charge on any atom is -0.399 e. The van der Waals surface area contributed by atoms with Gasteiger partial charge in [0.1, 0.15) is 0 Å². The second kappa shape index (κ2) is 14.0. The lowest BCUT2D eigenvalue weighted by Gasteiger charge is -2.14. The molecule has 0 atom stereocenters. The molecular formula is C32H40N4. The van der Waals surface area contributed by atoms with Gasteiger partial charge < -0.3 is 11.1 Å². The molecule has 3 N–H and O–H groups in total. The van der Waals surface area contributed by atoms with Crippen molar-refractivity contribution in [3.05, 3.63) is 95.6 Å². The van der Waals surface area contributed by atoms with E-state index in [0.717, 1.165) is 35.5 Å². The van der Waals surface area contributed by atoms with E-state index in [0.29, 0.717) is 5.69 Å². The van der Waals surface area contributed by atoms with Gasteiger partial charge in [-0.2, -0.15) is 10.2 Å². The molecule has 4 heteroatoms. The lowest BCUT2D eigenvalue weighted by Crippen LogP contribution is -2.04. The Labute approximate surface area is 216 Å². The van der Waals surface area contributed by atoms with E-state index >= 15 is 0 Å². The third-order valence-corrected chi connectivity index (χ3v) is 6.34. The van der Waals surface area contributed by atoms with E-state index in [9.17, 15) is 0 Å². The molecule has 0 aliphatic heterocycles. The topological polar surface area (TPSA) is 62.8 Å². The van der Waals surface area contributed by atoms with Crippen molar-refractivity contribution in [3.63, 3.8) is 0 Å². The van der Waals surface area contributed by atoms with Crippen LogP contribution < -0.4 is 11.1 Å². The molecule has 0 aliphatic rings. The number of hydrogen-bond donors (Lipinski definition) is 2. The molecule has 0 aromatic heterocycles. The van der Waals surface area contributed by atoms with Gasteiger partial charge in [-0.3, -0.25) is 0 Å². The smallest absolute Gasteiger partial charge is 0.0906 e. The molecule has 4 aromatic rings. The summed E-state index contributed by atoms with van der Waals surface area (Å²) in [4.78, 5) is 0. The molecule has 0 heterocycles. The van der Waals surface area contributed by atoms with Crippen LogP contribution in [0.1, 0.15) is 56.2 Å². The standard InChI is InChI=1S/C18H25N.C14H15N3/c1-3-5-6-9-14-19-18-15(4-2)12-13-16-10-7-8-11-17(16)18;1-10-5-3-4-6-13(10)16-17-14-9-12(15)8-7-11(14)2/h7-8,10-13,19H,3-6,9,14H2,1-2H3;3-9H,15H2,1-2H3. The maximum atomic E-state index is 5.72. The summed E-state index contributed by atoms with van der Waals surface area (Å²) in [5.74, 6) is 0.